The summed E-state index contributed by atoms with van der Waals surface area (Å²) < 4.78 is 3.80. The van der Waals surface area contributed by atoms with E-state index < -0.39 is 0 Å². The zero-order chi connectivity index (χ0) is 12.3. The van der Waals surface area contributed by atoms with Crippen LogP contribution in [0.3, 0.4) is 0 Å². The van der Waals surface area contributed by atoms with Crippen molar-refractivity contribution in [1.29, 1.82) is 0 Å². The first-order chi connectivity index (χ1) is 8.20. The molecule has 1 saturated heterocycles. The van der Waals surface area contributed by atoms with Crippen LogP contribution in [0.15, 0.2) is 0 Å². The molecule has 1 atom stereocenters. The van der Waals surface area contributed by atoms with E-state index in [9.17, 15) is 4.79 Å². The molecule has 1 aliphatic heterocycles. The van der Waals surface area contributed by atoms with Crippen molar-refractivity contribution < 1.29 is 4.79 Å². The minimum absolute atomic E-state index is 0.216. The molecule has 0 aromatic carbocycles. The van der Waals surface area contributed by atoms with Gasteiger partial charge in [0.05, 0.1) is 6.54 Å². The first-order valence-corrected chi connectivity index (χ1v) is 6.82. The van der Waals surface area contributed by atoms with Crippen LogP contribution in [0.2, 0.25) is 0 Å². The van der Waals surface area contributed by atoms with E-state index in [0.29, 0.717) is 23.9 Å². The molecule has 0 bridgehead atoms. The minimum atomic E-state index is 0.216. The van der Waals surface area contributed by atoms with Crippen LogP contribution < -0.4 is 5.73 Å². The van der Waals surface area contributed by atoms with Crippen molar-refractivity contribution in [2.24, 2.45) is 5.92 Å². The Bertz CT molecular complexity index is 393. The highest BCUT2D eigenvalue weighted by Gasteiger charge is 2.22. The highest BCUT2D eigenvalue weighted by molar-refractivity contribution is 7.09. The second kappa shape index (κ2) is 5.44. The monoisotopic (exact) mass is 254 g/mol. The van der Waals surface area contributed by atoms with Crippen LogP contribution >= 0.6 is 11.5 Å². The van der Waals surface area contributed by atoms with E-state index in [1.54, 1.807) is 0 Å². The molecule has 1 unspecified atom stereocenters. The lowest BCUT2D eigenvalue weighted by Gasteiger charge is -2.19. The van der Waals surface area contributed by atoms with Gasteiger partial charge in [-0.15, -0.1) is 5.10 Å². The highest BCUT2D eigenvalue weighted by atomic mass is 32.1. The Kier molecular flexibility index (Phi) is 3.93. The van der Waals surface area contributed by atoms with Gasteiger partial charge in [-0.05, 0) is 18.8 Å². The zero-order valence-electron chi connectivity index (χ0n) is 10.1. The number of hydrogen-bond donors (Lipinski definition) is 1. The van der Waals surface area contributed by atoms with Crippen molar-refractivity contribution in [3.8, 4) is 0 Å². The van der Waals surface area contributed by atoms with Gasteiger partial charge in [-0.2, -0.15) is 0 Å². The summed E-state index contributed by atoms with van der Waals surface area (Å²) in [5, 5.41) is 4.58. The second-order valence-corrected chi connectivity index (χ2v) is 5.29. The van der Waals surface area contributed by atoms with E-state index in [1.165, 1.54) is 11.5 Å². The summed E-state index contributed by atoms with van der Waals surface area (Å²) in [7, 11) is 0. The van der Waals surface area contributed by atoms with Gasteiger partial charge >= 0.3 is 0 Å². The second-order valence-electron chi connectivity index (χ2n) is 4.50. The molecule has 1 aliphatic rings. The molecule has 1 aromatic heterocycles. The molecule has 0 saturated carbocycles. The smallest absolute Gasteiger partial charge is 0.222 e. The quantitative estimate of drug-likeness (QED) is 0.890. The van der Waals surface area contributed by atoms with Crippen molar-refractivity contribution >= 4 is 22.4 Å². The molecule has 1 fully saturated rings. The molecule has 94 valence electrons. The summed E-state index contributed by atoms with van der Waals surface area (Å²) in [6.07, 6.45) is 3.90. The molecule has 6 heteroatoms. The molecule has 1 aromatic rings. The van der Waals surface area contributed by atoms with Gasteiger partial charge < -0.3 is 10.6 Å². The van der Waals surface area contributed by atoms with E-state index in [0.717, 1.165) is 31.5 Å². The van der Waals surface area contributed by atoms with Gasteiger partial charge in [0.1, 0.15) is 10.7 Å². The van der Waals surface area contributed by atoms with Crippen LogP contribution in [0.25, 0.3) is 0 Å². The first-order valence-electron chi connectivity index (χ1n) is 6.05. The summed E-state index contributed by atoms with van der Waals surface area (Å²) >= 11 is 1.18. The van der Waals surface area contributed by atoms with Gasteiger partial charge in [-0.25, -0.2) is 0 Å². The lowest BCUT2D eigenvalue weighted by atomic mass is 9.98. The number of aromatic nitrogens is 2. The summed E-state index contributed by atoms with van der Waals surface area (Å²) in [5.74, 6) is 0.892. The molecule has 0 spiro atoms. The maximum atomic E-state index is 12.0. The molecule has 2 heterocycles. The largest absolute Gasteiger partial charge is 0.388 e. The Morgan fingerprint density at radius 2 is 2.35 bits per heavy atom. The number of hydrogen-bond acceptors (Lipinski definition) is 5. The molecule has 2 N–H and O–H groups in total. The SMILES string of the molecule is CCC1CCC(=O)N(Cc2nnsc2N)CC1. The van der Waals surface area contributed by atoms with Crippen LogP contribution in [0.1, 0.15) is 38.3 Å². The third-order valence-electron chi connectivity index (χ3n) is 3.43. The summed E-state index contributed by atoms with van der Waals surface area (Å²) in [5.41, 5.74) is 6.49. The topological polar surface area (TPSA) is 72.1 Å². The van der Waals surface area contributed by atoms with E-state index >= 15 is 0 Å². The predicted octanol–water partition coefficient (Wildman–Crippen LogP) is 1.66. The molecule has 17 heavy (non-hydrogen) atoms. The number of carbonyl (C=O) groups excluding carboxylic acids is 1. The Hall–Kier alpha value is -1.17. The normalized spacial score (nSPS) is 21.6. The number of amides is 1. The summed E-state index contributed by atoms with van der Waals surface area (Å²) in [4.78, 5) is 13.8. The number of carbonyl (C=O) groups is 1. The fourth-order valence-corrected chi connectivity index (χ4v) is 2.61. The average molecular weight is 254 g/mol. The fourth-order valence-electron chi connectivity index (χ4n) is 2.17. The predicted molar refractivity (Wildman–Crippen MR) is 67.4 cm³/mol. The van der Waals surface area contributed by atoms with Crippen molar-refractivity contribution in [3.05, 3.63) is 5.69 Å². The summed E-state index contributed by atoms with van der Waals surface area (Å²) in [6.45, 7) is 3.51. The van der Waals surface area contributed by atoms with Crippen molar-refractivity contribution in [2.45, 2.75) is 39.2 Å². The summed E-state index contributed by atoms with van der Waals surface area (Å²) in [6, 6.07) is 0. The molecule has 1 amide bonds. The van der Waals surface area contributed by atoms with Crippen molar-refractivity contribution in [3.63, 3.8) is 0 Å². The third kappa shape index (κ3) is 2.94. The van der Waals surface area contributed by atoms with Crippen LogP contribution in [-0.2, 0) is 11.3 Å². The van der Waals surface area contributed by atoms with Crippen LogP contribution in [0, 0.1) is 5.92 Å². The third-order valence-corrected chi connectivity index (χ3v) is 4.03. The Balaban J connectivity index is 2.00. The first kappa shape index (κ1) is 12.3. The minimum Gasteiger partial charge on any atom is -0.388 e. The fraction of sp³-hybridized carbons (Fsp3) is 0.727. The van der Waals surface area contributed by atoms with Crippen molar-refractivity contribution in [1.82, 2.24) is 14.5 Å². The van der Waals surface area contributed by atoms with Crippen LogP contribution in [0.4, 0.5) is 5.00 Å². The molecule has 2 rings (SSSR count). The lowest BCUT2D eigenvalue weighted by Crippen LogP contribution is -2.30. The van der Waals surface area contributed by atoms with Crippen LogP contribution in [0.5, 0.6) is 0 Å². The Morgan fingerprint density at radius 3 is 3.00 bits per heavy atom. The van der Waals surface area contributed by atoms with Gasteiger partial charge in [-0.3, -0.25) is 4.79 Å². The maximum Gasteiger partial charge on any atom is 0.222 e. The molecular weight excluding hydrogens is 236 g/mol. The standard InChI is InChI=1S/C11H18N4OS/c1-2-8-3-4-10(16)15(6-5-8)7-9-11(12)17-14-13-9/h8H,2-7,12H2,1H3. The lowest BCUT2D eigenvalue weighted by molar-refractivity contribution is -0.131. The number of nitrogen functional groups attached to an aromatic ring is 1. The van der Waals surface area contributed by atoms with E-state index in [1.807, 2.05) is 4.90 Å². The number of nitrogens with zero attached hydrogens (tertiary/aromatic N) is 3. The van der Waals surface area contributed by atoms with Crippen LogP contribution in [-0.4, -0.2) is 26.9 Å². The van der Waals surface area contributed by atoms with Gasteiger partial charge in [0.15, 0.2) is 0 Å². The average Bonchev–Trinajstić information content (AvgIpc) is 2.63. The molecule has 0 radical (unpaired) electrons. The number of rotatable bonds is 3. The molecule has 0 aliphatic carbocycles. The number of anilines is 1. The number of nitrogens with two attached hydrogens (primary N) is 1. The van der Waals surface area contributed by atoms with Gasteiger partial charge in [-0.1, -0.05) is 17.8 Å². The zero-order valence-corrected chi connectivity index (χ0v) is 10.9. The molecule has 5 nitrogen and oxygen atoms in total. The Labute approximate surface area is 105 Å². The Morgan fingerprint density at radius 1 is 1.53 bits per heavy atom. The number of likely N-dealkylation sites (tertiary alicyclic amines) is 1. The van der Waals surface area contributed by atoms with E-state index in [4.69, 9.17) is 5.73 Å². The van der Waals surface area contributed by atoms with E-state index in [-0.39, 0.29) is 5.91 Å². The molecular formula is C11H18N4OS. The van der Waals surface area contributed by atoms with Gasteiger partial charge in [0.25, 0.3) is 0 Å². The van der Waals surface area contributed by atoms with Gasteiger partial charge in [0, 0.05) is 24.5 Å². The van der Waals surface area contributed by atoms with Gasteiger partial charge in [0.2, 0.25) is 5.91 Å². The maximum absolute atomic E-state index is 12.0. The highest BCUT2D eigenvalue weighted by Crippen LogP contribution is 2.23. The van der Waals surface area contributed by atoms with E-state index in [2.05, 4.69) is 16.5 Å². The van der Waals surface area contributed by atoms with Crippen molar-refractivity contribution in [2.75, 3.05) is 12.3 Å².